The lowest BCUT2D eigenvalue weighted by molar-refractivity contribution is -0.116. The molecule has 1 N–H and O–H groups in total. The molecule has 1 heterocycles. The highest BCUT2D eigenvalue weighted by atomic mass is 16.5. The van der Waals surface area contributed by atoms with Crippen molar-refractivity contribution in [1.29, 1.82) is 0 Å². The van der Waals surface area contributed by atoms with Crippen LogP contribution in [-0.2, 0) is 9.53 Å². The van der Waals surface area contributed by atoms with Gasteiger partial charge in [0.15, 0.2) is 0 Å². The van der Waals surface area contributed by atoms with Crippen LogP contribution in [0.2, 0.25) is 0 Å². The summed E-state index contributed by atoms with van der Waals surface area (Å²) in [5.41, 5.74) is 0. The third-order valence-electron chi connectivity index (χ3n) is 2.77. The first-order valence-electron chi connectivity index (χ1n) is 4.87. The second-order valence-electron chi connectivity index (χ2n) is 3.71. The average Bonchev–Trinajstić information content (AvgIpc) is 2.63. The van der Waals surface area contributed by atoms with Crippen molar-refractivity contribution in [3.05, 3.63) is 12.2 Å². The summed E-state index contributed by atoms with van der Waals surface area (Å²) >= 11 is 0. The first-order chi connectivity index (χ1) is 6.33. The van der Waals surface area contributed by atoms with Gasteiger partial charge < -0.3 is 10.1 Å². The van der Waals surface area contributed by atoms with Crippen molar-refractivity contribution in [1.82, 2.24) is 5.32 Å². The number of rotatable bonds is 3. The normalized spacial score (nSPS) is 36.2. The minimum atomic E-state index is 0.0428. The van der Waals surface area contributed by atoms with E-state index in [2.05, 4.69) is 5.32 Å². The minimum absolute atomic E-state index is 0.0428. The zero-order chi connectivity index (χ0) is 9.26. The quantitative estimate of drug-likeness (QED) is 0.651. The Bertz CT molecular complexity index is 227. The SMILES string of the molecule is CC/C=C/C(=O)NC1[C@H]2COC[C@@H]12. The van der Waals surface area contributed by atoms with Crippen LogP contribution in [0.5, 0.6) is 0 Å². The van der Waals surface area contributed by atoms with Crippen LogP contribution >= 0.6 is 0 Å². The molecule has 2 aliphatic rings. The molecule has 3 atom stereocenters. The van der Waals surface area contributed by atoms with Crippen LogP contribution in [0.1, 0.15) is 13.3 Å². The number of ether oxygens (including phenoxy) is 1. The molecule has 0 spiro atoms. The number of nitrogens with one attached hydrogen (secondary N) is 1. The fourth-order valence-electron chi connectivity index (χ4n) is 1.89. The highest BCUT2D eigenvalue weighted by Gasteiger charge is 2.54. The van der Waals surface area contributed by atoms with E-state index in [1.54, 1.807) is 6.08 Å². The molecule has 1 saturated carbocycles. The Morgan fingerprint density at radius 1 is 1.54 bits per heavy atom. The van der Waals surface area contributed by atoms with Gasteiger partial charge in [0.25, 0.3) is 0 Å². The lowest BCUT2D eigenvalue weighted by atomic mass is 10.4. The van der Waals surface area contributed by atoms with Gasteiger partial charge >= 0.3 is 0 Å². The van der Waals surface area contributed by atoms with Gasteiger partial charge in [-0.25, -0.2) is 0 Å². The number of amides is 1. The average molecular weight is 181 g/mol. The number of hydrogen-bond donors (Lipinski definition) is 1. The largest absolute Gasteiger partial charge is 0.381 e. The molecule has 1 amide bonds. The summed E-state index contributed by atoms with van der Waals surface area (Å²) < 4.78 is 5.23. The Balaban J connectivity index is 1.74. The zero-order valence-corrected chi connectivity index (χ0v) is 7.82. The van der Waals surface area contributed by atoms with Crippen molar-refractivity contribution < 1.29 is 9.53 Å². The molecule has 2 rings (SSSR count). The van der Waals surface area contributed by atoms with Crippen LogP contribution < -0.4 is 5.32 Å². The number of carbonyl (C=O) groups excluding carboxylic acids is 1. The highest BCUT2D eigenvalue weighted by molar-refractivity contribution is 5.88. The molecule has 72 valence electrons. The van der Waals surface area contributed by atoms with Crippen molar-refractivity contribution in [3.8, 4) is 0 Å². The standard InChI is InChI=1S/C10H15NO2/c1-2-3-4-9(12)11-10-7-5-13-6-8(7)10/h3-4,7-8,10H,2,5-6H2,1H3,(H,11,12)/b4-3+/t7-,8+,10?. The van der Waals surface area contributed by atoms with E-state index in [4.69, 9.17) is 4.74 Å². The van der Waals surface area contributed by atoms with Gasteiger partial charge in [-0.15, -0.1) is 0 Å². The van der Waals surface area contributed by atoms with Gasteiger partial charge in [0.05, 0.1) is 13.2 Å². The molecule has 0 aromatic carbocycles. The van der Waals surface area contributed by atoms with Gasteiger partial charge in [-0.05, 0) is 12.5 Å². The van der Waals surface area contributed by atoms with Crippen LogP contribution in [0.3, 0.4) is 0 Å². The Morgan fingerprint density at radius 3 is 2.85 bits per heavy atom. The van der Waals surface area contributed by atoms with Gasteiger partial charge in [0.1, 0.15) is 0 Å². The molecule has 1 aliphatic heterocycles. The molecular formula is C10H15NO2. The number of fused-ring (bicyclic) bond motifs is 1. The molecule has 1 saturated heterocycles. The maximum atomic E-state index is 11.2. The fourth-order valence-corrected chi connectivity index (χ4v) is 1.89. The van der Waals surface area contributed by atoms with Crippen LogP contribution in [-0.4, -0.2) is 25.2 Å². The lowest BCUT2D eigenvalue weighted by Crippen LogP contribution is -2.28. The zero-order valence-electron chi connectivity index (χ0n) is 7.82. The number of allylic oxidation sites excluding steroid dienone is 1. The Hall–Kier alpha value is -0.830. The van der Waals surface area contributed by atoms with Crippen molar-refractivity contribution in [2.24, 2.45) is 11.8 Å². The number of hydrogen-bond acceptors (Lipinski definition) is 2. The molecule has 0 aromatic heterocycles. The monoisotopic (exact) mass is 181 g/mol. The van der Waals surface area contributed by atoms with E-state index in [9.17, 15) is 4.79 Å². The molecule has 13 heavy (non-hydrogen) atoms. The van der Waals surface area contributed by atoms with Crippen LogP contribution in [0.15, 0.2) is 12.2 Å². The predicted octanol–water partition coefficient (Wildman–Crippen LogP) is 0.714. The third-order valence-corrected chi connectivity index (χ3v) is 2.77. The summed E-state index contributed by atoms with van der Waals surface area (Å²) in [6.07, 6.45) is 4.41. The van der Waals surface area contributed by atoms with Crippen LogP contribution in [0.25, 0.3) is 0 Å². The Morgan fingerprint density at radius 2 is 2.23 bits per heavy atom. The second-order valence-corrected chi connectivity index (χ2v) is 3.71. The summed E-state index contributed by atoms with van der Waals surface area (Å²) in [5, 5.41) is 2.98. The molecule has 1 aliphatic carbocycles. The summed E-state index contributed by atoms with van der Waals surface area (Å²) in [6, 6.07) is 0.391. The van der Waals surface area contributed by atoms with Crippen LogP contribution in [0.4, 0.5) is 0 Å². The van der Waals surface area contributed by atoms with Gasteiger partial charge in [0, 0.05) is 17.9 Å². The van der Waals surface area contributed by atoms with Crippen molar-refractivity contribution in [2.45, 2.75) is 19.4 Å². The summed E-state index contributed by atoms with van der Waals surface area (Å²) in [5.74, 6) is 1.24. The first kappa shape index (κ1) is 8.75. The topological polar surface area (TPSA) is 38.3 Å². The van der Waals surface area contributed by atoms with Gasteiger partial charge in [-0.2, -0.15) is 0 Å². The molecule has 3 heteroatoms. The molecule has 2 fully saturated rings. The molecule has 0 radical (unpaired) electrons. The lowest BCUT2D eigenvalue weighted by Gasteiger charge is -2.04. The number of carbonyl (C=O) groups is 1. The van der Waals surface area contributed by atoms with E-state index in [1.807, 2.05) is 13.0 Å². The molecule has 0 aromatic rings. The summed E-state index contributed by atoms with van der Waals surface area (Å²) in [4.78, 5) is 11.2. The van der Waals surface area contributed by atoms with Gasteiger partial charge in [-0.1, -0.05) is 13.0 Å². The van der Waals surface area contributed by atoms with E-state index in [0.29, 0.717) is 17.9 Å². The van der Waals surface area contributed by atoms with E-state index in [1.165, 1.54) is 0 Å². The molecule has 3 nitrogen and oxygen atoms in total. The molecule has 1 unspecified atom stereocenters. The second kappa shape index (κ2) is 3.50. The van der Waals surface area contributed by atoms with Crippen molar-refractivity contribution in [2.75, 3.05) is 13.2 Å². The predicted molar refractivity (Wildman–Crippen MR) is 49.2 cm³/mol. The minimum Gasteiger partial charge on any atom is -0.381 e. The Kier molecular flexibility index (Phi) is 2.36. The van der Waals surface area contributed by atoms with Crippen molar-refractivity contribution >= 4 is 5.91 Å². The summed E-state index contributed by atoms with van der Waals surface area (Å²) in [7, 11) is 0. The third kappa shape index (κ3) is 1.75. The summed E-state index contributed by atoms with van der Waals surface area (Å²) in [6.45, 7) is 3.67. The van der Waals surface area contributed by atoms with Gasteiger partial charge in [0.2, 0.25) is 5.91 Å². The van der Waals surface area contributed by atoms with E-state index >= 15 is 0 Å². The van der Waals surface area contributed by atoms with Gasteiger partial charge in [-0.3, -0.25) is 4.79 Å². The smallest absolute Gasteiger partial charge is 0.243 e. The van der Waals surface area contributed by atoms with Crippen molar-refractivity contribution in [3.63, 3.8) is 0 Å². The fraction of sp³-hybridized carbons (Fsp3) is 0.700. The Labute approximate surface area is 78.1 Å². The highest BCUT2D eigenvalue weighted by Crippen LogP contribution is 2.43. The molecule has 0 bridgehead atoms. The van der Waals surface area contributed by atoms with E-state index in [-0.39, 0.29) is 5.91 Å². The van der Waals surface area contributed by atoms with E-state index < -0.39 is 0 Å². The van der Waals surface area contributed by atoms with Crippen LogP contribution in [0, 0.1) is 11.8 Å². The maximum Gasteiger partial charge on any atom is 0.243 e. The van der Waals surface area contributed by atoms with E-state index in [0.717, 1.165) is 19.6 Å². The first-order valence-corrected chi connectivity index (χ1v) is 4.87. The molecular weight excluding hydrogens is 166 g/mol. The maximum absolute atomic E-state index is 11.2.